The second kappa shape index (κ2) is 27.3. The van der Waals surface area contributed by atoms with Crippen LogP contribution in [0.2, 0.25) is 0 Å². The van der Waals surface area contributed by atoms with Crippen molar-refractivity contribution in [3.05, 3.63) is 28.8 Å². The van der Waals surface area contributed by atoms with Crippen molar-refractivity contribution in [2.24, 2.45) is 0 Å². The minimum Gasteiger partial charge on any atom is -0.507 e. The monoisotopic (exact) mass is 622 g/mol. The third kappa shape index (κ3) is 23.9. The van der Waals surface area contributed by atoms with Gasteiger partial charge in [-0.3, -0.25) is 4.55 Å². The average molecular weight is 623 g/mol. The van der Waals surface area contributed by atoms with Crippen LogP contribution in [0.15, 0.2) is 12.1 Å². The van der Waals surface area contributed by atoms with E-state index in [9.17, 15) is 18.1 Å². The molecule has 5 heteroatoms. The molecule has 1 aromatic carbocycles. The Morgan fingerprint density at radius 3 is 1.12 bits per heavy atom. The molecule has 43 heavy (non-hydrogen) atoms. The Labute approximate surface area is 268 Å². The average Bonchev–Trinajstić information content (AvgIpc) is 2.97. The zero-order valence-corrected chi connectivity index (χ0v) is 29.3. The molecule has 0 aliphatic rings. The molecular formula is C38H70O4S. The van der Waals surface area contributed by atoms with Crippen molar-refractivity contribution < 1.29 is 18.1 Å². The van der Waals surface area contributed by atoms with E-state index in [1.54, 1.807) is 6.07 Å². The summed E-state index contributed by atoms with van der Waals surface area (Å²) in [5.74, 6) is -0.464. The highest BCUT2D eigenvalue weighted by Crippen LogP contribution is 2.29. The molecule has 2 N–H and O–H groups in total. The fraction of sp³-hybridized carbons (Fsp3) is 0.842. The number of aromatic hydroxyl groups is 1. The predicted molar refractivity (Wildman–Crippen MR) is 187 cm³/mol. The largest absolute Gasteiger partial charge is 0.507 e. The minimum atomic E-state index is -4.19. The molecule has 252 valence electrons. The Hall–Kier alpha value is -1.07. The number of aryl methyl sites for hydroxylation is 2. The molecule has 0 saturated heterocycles. The molecule has 0 aliphatic heterocycles. The molecule has 0 atom stereocenters. The smallest absolute Gasteiger partial charge is 0.269 e. The van der Waals surface area contributed by atoms with E-state index in [-0.39, 0.29) is 5.75 Å². The molecule has 0 radical (unpaired) electrons. The van der Waals surface area contributed by atoms with Gasteiger partial charge in [0.15, 0.2) is 0 Å². The third-order valence-electron chi connectivity index (χ3n) is 9.03. The molecule has 0 fully saturated rings. The van der Waals surface area contributed by atoms with Gasteiger partial charge in [0, 0.05) is 5.56 Å². The summed E-state index contributed by atoms with van der Waals surface area (Å²) in [6.45, 7) is 4.52. The van der Waals surface area contributed by atoms with E-state index in [2.05, 4.69) is 19.9 Å². The third-order valence-corrected chi connectivity index (χ3v) is 9.71. The summed E-state index contributed by atoms with van der Waals surface area (Å²) in [6.07, 6.45) is 37.4. The maximum atomic E-state index is 11.6. The quantitative estimate of drug-likeness (QED) is 0.0638. The summed E-state index contributed by atoms with van der Waals surface area (Å²) >= 11 is 0. The van der Waals surface area contributed by atoms with Crippen LogP contribution in [-0.2, 0) is 28.7 Å². The second-order valence-electron chi connectivity index (χ2n) is 13.3. The maximum Gasteiger partial charge on any atom is 0.269 e. The number of phenolic OH excluding ortho intramolecular Hbond substituents is 1. The maximum absolute atomic E-state index is 11.6. The topological polar surface area (TPSA) is 74.6 Å². The van der Waals surface area contributed by atoms with Gasteiger partial charge in [-0.1, -0.05) is 187 Å². The summed E-state index contributed by atoms with van der Waals surface area (Å²) in [7, 11) is -4.19. The summed E-state index contributed by atoms with van der Waals surface area (Å²) in [6, 6.07) is 3.84. The molecule has 0 aliphatic carbocycles. The van der Waals surface area contributed by atoms with Crippen LogP contribution in [-0.4, -0.2) is 18.1 Å². The van der Waals surface area contributed by atoms with Gasteiger partial charge in [-0.15, -0.1) is 0 Å². The van der Waals surface area contributed by atoms with Crippen LogP contribution >= 0.6 is 0 Å². The highest BCUT2D eigenvalue weighted by Gasteiger charge is 2.15. The normalized spacial score (nSPS) is 11.9. The molecule has 0 heterocycles. The zero-order chi connectivity index (χ0) is 31.4. The molecular weight excluding hydrogens is 552 g/mol. The van der Waals surface area contributed by atoms with E-state index in [0.29, 0.717) is 5.56 Å². The number of phenols is 1. The molecule has 0 saturated carbocycles. The van der Waals surface area contributed by atoms with Gasteiger partial charge in [0.25, 0.3) is 10.1 Å². The van der Waals surface area contributed by atoms with Gasteiger partial charge in [-0.25, -0.2) is 0 Å². The van der Waals surface area contributed by atoms with Gasteiger partial charge >= 0.3 is 0 Å². The van der Waals surface area contributed by atoms with Crippen LogP contribution in [0.25, 0.3) is 0 Å². The Balaban J connectivity index is 2.16. The van der Waals surface area contributed by atoms with Crippen molar-refractivity contribution in [1.29, 1.82) is 0 Å². The van der Waals surface area contributed by atoms with Crippen molar-refractivity contribution >= 4 is 10.1 Å². The van der Waals surface area contributed by atoms with E-state index in [1.807, 2.05) is 0 Å². The highest BCUT2D eigenvalue weighted by atomic mass is 32.2. The molecule has 4 nitrogen and oxygen atoms in total. The van der Waals surface area contributed by atoms with Gasteiger partial charge in [0.05, 0.1) is 0 Å². The van der Waals surface area contributed by atoms with E-state index in [0.717, 1.165) is 43.2 Å². The van der Waals surface area contributed by atoms with Crippen LogP contribution in [0, 0.1) is 0 Å². The van der Waals surface area contributed by atoms with Gasteiger partial charge in [0.1, 0.15) is 11.5 Å². The Bertz CT molecular complexity index is 880. The lowest BCUT2D eigenvalue weighted by Crippen LogP contribution is -2.04. The van der Waals surface area contributed by atoms with E-state index < -0.39 is 15.9 Å². The van der Waals surface area contributed by atoms with Gasteiger partial charge in [-0.05, 0) is 36.8 Å². The summed E-state index contributed by atoms with van der Waals surface area (Å²) in [5.41, 5.74) is 2.25. The first-order valence-electron chi connectivity index (χ1n) is 18.7. The standard InChI is InChI=1S/C38H70O4S/c1-3-5-7-9-11-12-13-14-15-16-17-18-19-20-21-22-23-25-27-29-31-36-32-35(30-28-26-24-10-8-6-4-2)33-37(38(36)39)34-43(40,41)42/h32-33,39H,3-31,34H2,1-2H3,(H,40,41,42). The van der Waals surface area contributed by atoms with Crippen LogP contribution in [0.4, 0.5) is 0 Å². The van der Waals surface area contributed by atoms with Gasteiger partial charge in [0.2, 0.25) is 0 Å². The lowest BCUT2D eigenvalue weighted by Gasteiger charge is -2.13. The molecule has 1 rings (SSSR count). The molecule has 0 bridgehead atoms. The fourth-order valence-corrected chi connectivity index (χ4v) is 6.94. The van der Waals surface area contributed by atoms with Crippen LogP contribution in [0.1, 0.15) is 204 Å². The number of hydrogen-bond donors (Lipinski definition) is 2. The van der Waals surface area contributed by atoms with Crippen molar-refractivity contribution in [1.82, 2.24) is 0 Å². The molecule has 0 unspecified atom stereocenters. The number of hydrogen-bond acceptors (Lipinski definition) is 3. The number of unbranched alkanes of at least 4 members (excludes halogenated alkanes) is 25. The lowest BCUT2D eigenvalue weighted by molar-refractivity contribution is 0.454. The summed E-state index contributed by atoms with van der Waals surface area (Å²) < 4.78 is 32.5. The SMILES string of the molecule is CCCCCCCCCCCCCCCCCCCCCCc1cc(CCCCCCCCC)cc(CS(=O)(=O)O)c1O. The van der Waals surface area contributed by atoms with Crippen LogP contribution in [0.3, 0.4) is 0 Å². The van der Waals surface area contributed by atoms with Crippen molar-refractivity contribution in [2.45, 2.75) is 206 Å². The Morgan fingerprint density at radius 1 is 0.465 bits per heavy atom. The number of rotatable bonds is 31. The highest BCUT2D eigenvalue weighted by molar-refractivity contribution is 7.85. The first-order valence-corrected chi connectivity index (χ1v) is 20.3. The number of benzene rings is 1. The van der Waals surface area contributed by atoms with Gasteiger partial charge < -0.3 is 5.11 Å². The predicted octanol–water partition coefficient (Wildman–Crippen LogP) is 12.4. The van der Waals surface area contributed by atoms with Crippen LogP contribution in [0.5, 0.6) is 5.75 Å². The van der Waals surface area contributed by atoms with E-state index >= 15 is 0 Å². The fourth-order valence-electron chi connectivity index (χ4n) is 6.33. The molecule has 0 aromatic heterocycles. The van der Waals surface area contributed by atoms with Crippen LogP contribution < -0.4 is 0 Å². The van der Waals surface area contributed by atoms with Crippen molar-refractivity contribution in [3.8, 4) is 5.75 Å². The van der Waals surface area contributed by atoms with Crippen molar-refractivity contribution in [3.63, 3.8) is 0 Å². The Kier molecular flexibility index (Phi) is 25.3. The summed E-state index contributed by atoms with van der Waals surface area (Å²) in [4.78, 5) is 0. The van der Waals surface area contributed by atoms with E-state index in [1.165, 1.54) is 154 Å². The second-order valence-corrected chi connectivity index (χ2v) is 14.8. The zero-order valence-electron chi connectivity index (χ0n) is 28.5. The van der Waals surface area contributed by atoms with Crippen molar-refractivity contribution in [2.75, 3.05) is 0 Å². The summed E-state index contributed by atoms with van der Waals surface area (Å²) in [5, 5.41) is 10.8. The van der Waals surface area contributed by atoms with E-state index in [4.69, 9.17) is 0 Å². The minimum absolute atomic E-state index is 0.0544. The van der Waals surface area contributed by atoms with Gasteiger partial charge in [-0.2, -0.15) is 8.42 Å². The first kappa shape index (κ1) is 40.0. The Morgan fingerprint density at radius 2 is 0.767 bits per heavy atom. The molecule has 1 aromatic rings. The molecule has 0 spiro atoms. The lowest BCUT2D eigenvalue weighted by atomic mass is 9.96. The first-order chi connectivity index (χ1) is 20.9. The molecule has 0 amide bonds.